The number of halogens is 1. The zero-order valence-corrected chi connectivity index (χ0v) is 13.2. The van der Waals surface area contributed by atoms with E-state index >= 15 is 0 Å². The highest BCUT2D eigenvalue weighted by Gasteiger charge is 2.51. The number of hydrazine groups is 1. The fourth-order valence-electron chi connectivity index (χ4n) is 3.48. The molecule has 24 heavy (non-hydrogen) atoms. The molecule has 0 aliphatic heterocycles. The van der Waals surface area contributed by atoms with Gasteiger partial charge in [0.2, 0.25) is 5.91 Å². The van der Waals surface area contributed by atoms with Crippen molar-refractivity contribution in [1.29, 1.82) is 0 Å². The molecule has 0 aromatic heterocycles. The Labute approximate surface area is 142 Å². The lowest BCUT2D eigenvalue weighted by molar-refractivity contribution is -0.148. The molecule has 1 saturated carbocycles. The number of benzene rings is 1. The number of carbonyl (C=O) groups excluding carboxylic acids is 2. The Morgan fingerprint density at radius 2 is 1.75 bits per heavy atom. The highest BCUT2D eigenvalue weighted by Crippen LogP contribution is 2.48. The van der Waals surface area contributed by atoms with Gasteiger partial charge in [-0.2, -0.15) is 0 Å². The molecule has 1 aromatic rings. The Kier molecular flexibility index (Phi) is 4.19. The number of carbonyl (C=O) groups is 3. The fraction of sp³-hybridized carbons (Fsp3) is 0.312. The fourth-order valence-corrected chi connectivity index (χ4v) is 3.65. The number of phenolic OH excluding ortho intramolecular Hbond substituents is 1. The molecule has 4 atom stereocenters. The zero-order chi connectivity index (χ0) is 17.4. The summed E-state index contributed by atoms with van der Waals surface area (Å²) in [5.74, 6) is -4.43. The van der Waals surface area contributed by atoms with E-state index in [9.17, 15) is 24.6 Å². The second-order valence-electron chi connectivity index (χ2n) is 5.94. The van der Waals surface area contributed by atoms with Crippen LogP contribution in [0.25, 0.3) is 0 Å². The van der Waals surface area contributed by atoms with Crippen molar-refractivity contribution in [3.63, 3.8) is 0 Å². The molecule has 2 aliphatic carbocycles. The van der Waals surface area contributed by atoms with E-state index in [1.165, 1.54) is 18.2 Å². The molecular formula is C16H15ClN2O5. The third-order valence-corrected chi connectivity index (χ3v) is 4.78. The molecule has 1 aromatic carbocycles. The number of hydrogen-bond donors (Lipinski definition) is 4. The highest BCUT2D eigenvalue weighted by molar-refractivity contribution is 6.31. The normalized spacial score (nSPS) is 27.0. The SMILES string of the molecule is O=C(NNC(=O)[C@H]1[C@@H](C(=O)O)[C@@H]2C=C[C@H]1C2)c1cc(Cl)ccc1O. The molecule has 0 radical (unpaired) electrons. The number of phenols is 1. The molecule has 8 heteroatoms. The lowest BCUT2D eigenvalue weighted by atomic mass is 9.82. The average Bonchev–Trinajstić information content (AvgIpc) is 3.15. The van der Waals surface area contributed by atoms with Crippen molar-refractivity contribution in [2.24, 2.45) is 23.7 Å². The smallest absolute Gasteiger partial charge is 0.307 e. The van der Waals surface area contributed by atoms with Crippen molar-refractivity contribution in [3.8, 4) is 5.75 Å². The number of aromatic hydroxyl groups is 1. The molecule has 4 N–H and O–H groups in total. The lowest BCUT2D eigenvalue weighted by Crippen LogP contribution is -2.48. The van der Waals surface area contributed by atoms with Gasteiger partial charge >= 0.3 is 5.97 Å². The maximum Gasteiger partial charge on any atom is 0.307 e. The quantitative estimate of drug-likeness (QED) is 0.485. The summed E-state index contributed by atoms with van der Waals surface area (Å²) in [5.41, 5.74) is 4.35. The van der Waals surface area contributed by atoms with Gasteiger partial charge in [0.05, 0.1) is 17.4 Å². The number of fused-ring (bicyclic) bond motifs is 2. The summed E-state index contributed by atoms with van der Waals surface area (Å²) in [6.07, 6.45) is 4.30. The minimum atomic E-state index is -1.02. The van der Waals surface area contributed by atoms with E-state index < -0.39 is 29.6 Å². The second-order valence-corrected chi connectivity index (χ2v) is 6.38. The molecule has 0 saturated heterocycles. The number of aliphatic carboxylic acids is 1. The van der Waals surface area contributed by atoms with Gasteiger partial charge < -0.3 is 10.2 Å². The molecule has 2 bridgehead atoms. The maximum absolute atomic E-state index is 12.3. The third-order valence-electron chi connectivity index (χ3n) is 4.55. The molecule has 0 heterocycles. The van der Waals surface area contributed by atoms with Gasteiger partial charge in [-0.3, -0.25) is 25.2 Å². The van der Waals surface area contributed by atoms with Gasteiger partial charge in [0.1, 0.15) is 5.75 Å². The monoisotopic (exact) mass is 350 g/mol. The number of amides is 2. The summed E-state index contributed by atoms with van der Waals surface area (Å²) in [6.45, 7) is 0. The van der Waals surface area contributed by atoms with Crippen molar-refractivity contribution in [2.45, 2.75) is 6.42 Å². The summed E-state index contributed by atoms with van der Waals surface area (Å²) >= 11 is 5.77. The molecule has 1 fully saturated rings. The van der Waals surface area contributed by atoms with Crippen molar-refractivity contribution >= 4 is 29.4 Å². The van der Waals surface area contributed by atoms with E-state index in [0.29, 0.717) is 6.42 Å². The van der Waals surface area contributed by atoms with Crippen LogP contribution in [0, 0.1) is 23.7 Å². The number of nitrogens with one attached hydrogen (secondary N) is 2. The van der Waals surface area contributed by atoms with E-state index in [2.05, 4.69) is 10.9 Å². The average molecular weight is 351 g/mol. The molecule has 2 aliphatic rings. The van der Waals surface area contributed by atoms with Crippen LogP contribution in [0.1, 0.15) is 16.8 Å². The van der Waals surface area contributed by atoms with Crippen LogP contribution in [0.15, 0.2) is 30.4 Å². The Hall–Kier alpha value is -2.54. The molecule has 7 nitrogen and oxygen atoms in total. The summed E-state index contributed by atoms with van der Waals surface area (Å²) in [6, 6.07) is 3.95. The molecule has 0 spiro atoms. The van der Waals surface area contributed by atoms with Gasteiger partial charge in [-0.15, -0.1) is 0 Å². The van der Waals surface area contributed by atoms with Crippen LogP contribution in [0.5, 0.6) is 5.75 Å². The van der Waals surface area contributed by atoms with Gasteiger partial charge in [-0.25, -0.2) is 0 Å². The van der Waals surface area contributed by atoms with E-state index in [1.54, 1.807) is 0 Å². The highest BCUT2D eigenvalue weighted by atomic mass is 35.5. The standard InChI is InChI=1S/C16H15ClN2O5/c17-9-3-4-11(20)10(6-9)14(21)18-19-15(22)12-7-1-2-8(5-7)13(12)16(23)24/h1-4,6-8,12-13,20H,5H2,(H,18,21)(H,19,22)(H,23,24)/t7-,8+,12+,13-/m0/s1. The topological polar surface area (TPSA) is 116 Å². The van der Waals surface area contributed by atoms with Crippen LogP contribution in [-0.2, 0) is 9.59 Å². The third kappa shape index (κ3) is 2.82. The van der Waals surface area contributed by atoms with Gasteiger partial charge in [-0.1, -0.05) is 23.8 Å². The number of allylic oxidation sites excluding steroid dienone is 2. The van der Waals surface area contributed by atoms with Gasteiger partial charge in [-0.05, 0) is 36.5 Å². The first kappa shape index (κ1) is 16.3. The predicted octanol–water partition coefficient (Wildman–Crippen LogP) is 1.33. The summed E-state index contributed by atoms with van der Waals surface area (Å²) in [7, 11) is 0. The van der Waals surface area contributed by atoms with Crippen LogP contribution < -0.4 is 10.9 Å². The minimum Gasteiger partial charge on any atom is -0.507 e. The van der Waals surface area contributed by atoms with Crippen LogP contribution in [-0.4, -0.2) is 28.0 Å². The Balaban J connectivity index is 1.67. The molecule has 126 valence electrons. The molecule has 2 amide bonds. The van der Waals surface area contributed by atoms with Crippen molar-refractivity contribution in [3.05, 3.63) is 40.9 Å². The van der Waals surface area contributed by atoms with Crippen molar-refractivity contribution in [1.82, 2.24) is 10.9 Å². The van der Waals surface area contributed by atoms with Crippen LogP contribution in [0.2, 0.25) is 5.02 Å². The molecule has 0 unspecified atom stereocenters. The first-order chi connectivity index (χ1) is 11.4. The number of rotatable bonds is 3. The second kappa shape index (κ2) is 6.16. The first-order valence-corrected chi connectivity index (χ1v) is 7.76. The molecule has 3 rings (SSSR count). The lowest BCUT2D eigenvalue weighted by Gasteiger charge is -2.23. The van der Waals surface area contributed by atoms with Gasteiger partial charge in [0, 0.05) is 5.02 Å². The zero-order valence-electron chi connectivity index (χ0n) is 12.4. The van der Waals surface area contributed by atoms with Crippen LogP contribution >= 0.6 is 11.6 Å². The predicted molar refractivity (Wildman–Crippen MR) is 84.1 cm³/mol. The Morgan fingerprint density at radius 1 is 1.08 bits per heavy atom. The number of hydrogen-bond acceptors (Lipinski definition) is 4. The van der Waals surface area contributed by atoms with Gasteiger partial charge in [0.25, 0.3) is 5.91 Å². The number of carboxylic acid groups (broad SMARTS) is 1. The van der Waals surface area contributed by atoms with Crippen molar-refractivity contribution in [2.75, 3.05) is 0 Å². The Morgan fingerprint density at radius 3 is 2.42 bits per heavy atom. The van der Waals surface area contributed by atoms with E-state index in [-0.39, 0.29) is 28.2 Å². The van der Waals surface area contributed by atoms with Crippen LogP contribution in [0.3, 0.4) is 0 Å². The Bertz CT molecular complexity index is 748. The van der Waals surface area contributed by atoms with E-state index in [4.69, 9.17) is 11.6 Å². The first-order valence-electron chi connectivity index (χ1n) is 7.38. The molecular weight excluding hydrogens is 336 g/mol. The van der Waals surface area contributed by atoms with E-state index in [1.807, 2.05) is 12.2 Å². The van der Waals surface area contributed by atoms with Crippen LogP contribution in [0.4, 0.5) is 0 Å². The largest absolute Gasteiger partial charge is 0.507 e. The van der Waals surface area contributed by atoms with Gasteiger partial charge in [0.15, 0.2) is 0 Å². The number of carboxylic acids is 1. The summed E-state index contributed by atoms with van der Waals surface area (Å²) < 4.78 is 0. The van der Waals surface area contributed by atoms with Crippen molar-refractivity contribution < 1.29 is 24.6 Å². The minimum absolute atomic E-state index is 0.0922. The summed E-state index contributed by atoms with van der Waals surface area (Å²) in [5, 5.41) is 19.2. The summed E-state index contributed by atoms with van der Waals surface area (Å²) in [4.78, 5) is 35.8. The maximum atomic E-state index is 12.3. The van der Waals surface area contributed by atoms with E-state index in [0.717, 1.165) is 0 Å².